The van der Waals surface area contributed by atoms with Gasteiger partial charge < -0.3 is 64.9 Å². The van der Waals surface area contributed by atoms with Crippen LogP contribution in [0.5, 0.6) is 0 Å². The summed E-state index contributed by atoms with van der Waals surface area (Å²) in [6.45, 7) is 18.4. The van der Waals surface area contributed by atoms with E-state index in [9.17, 15) is 50.4 Å². The highest BCUT2D eigenvalue weighted by atomic mass is 16.7. The zero-order valence-electron chi connectivity index (χ0n) is 35.8. The van der Waals surface area contributed by atoms with Gasteiger partial charge >= 0.3 is 11.9 Å². The number of hydrogen-bond donors (Lipinski definition) is 9. The van der Waals surface area contributed by atoms with Crippen LogP contribution in [0.4, 0.5) is 0 Å². The molecule has 1 fully saturated rings. The maximum absolute atomic E-state index is 12.5. The van der Waals surface area contributed by atoms with E-state index in [1.807, 2.05) is 19.9 Å². The molecule has 0 bridgehead atoms. The summed E-state index contributed by atoms with van der Waals surface area (Å²) >= 11 is 0. The molecule has 0 spiro atoms. The van der Waals surface area contributed by atoms with Crippen molar-refractivity contribution >= 4 is 11.9 Å². The minimum Gasteiger partial charge on any atom is -0.463 e. The van der Waals surface area contributed by atoms with Crippen LogP contribution in [0.1, 0.15) is 95.4 Å². The van der Waals surface area contributed by atoms with E-state index in [-0.39, 0.29) is 24.0 Å². The molecule has 1 aliphatic heterocycles. The van der Waals surface area contributed by atoms with Gasteiger partial charge in [-0.2, -0.15) is 0 Å². The molecule has 332 valence electrons. The number of carbonyl (C=O) groups excluding carboxylic acids is 2. The molecule has 15 heteroatoms. The van der Waals surface area contributed by atoms with Gasteiger partial charge in [0.25, 0.3) is 0 Å². The normalized spacial score (nSPS) is 27.5. The first kappa shape index (κ1) is 52.7. The molecule has 1 aliphatic rings. The van der Waals surface area contributed by atoms with Crippen molar-refractivity contribution in [3.8, 4) is 0 Å². The van der Waals surface area contributed by atoms with E-state index < -0.39 is 104 Å². The van der Waals surface area contributed by atoms with E-state index in [4.69, 9.17) is 24.1 Å². The Hall–Kier alpha value is -2.28. The second-order valence-electron chi connectivity index (χ2n) is 16.5. The molecule has 0 aromatic rings. The van der Waals surface area contributed by atoms with Gasteiger partial charge in [-0.05, 0) is 62.5 Å². The van der Waals surface area contributed by atoms with Gasteiger partial charge in [0.2, 0.25) is 0 Å². The highest BCUT2D eigenvalue weighted by Crippen LogP contribution is 2.33. The van der Waals surface area contributed by atoms with Crippen LogP contribution in [0.3, 0.4) is 0 Å². The lowest BCUT2D eigenvalue weighted by Crippen LogP contribution is -2.60. The minimum absolute atomic E-state index is 0.0761. The third-order valence-corrected chi connectivity index (χ3v) is 10.9. The lowest BCUT2D eigenvalue weighted by molar-refractivity contribution is -0.317. The zero-order valence-corrected chi connectivity index (χ0v) is 35.8. The van der Waals surface area contributed by atoms with E-state index >= 15 is 0 Å². The summed E-state index contributed by atoms with van der Waals surface area (Å²) in [6, 6.07) is 0. The number of hydrogen-bond acceptors (Lipinski definition) is 15. The lowest BCUT2D eigenvalue weighted by Gasteiger charge is -2.43. The Labute approximate surface area is 339 Å². The zero-order chi connectivity index (χ0) is 43.9. The van der Waals surface area contributed by atoms with Gasteiger partial charge in [0, 0.05) is 30.3 Å². The molecule has 0 saturated carbocycles. The van der Waals surface area contributed by atoms with E-state index in [0.29, 0.717) is 23.0 Å². The van der Waals surface area contributed by atoms with Crippen LogP contribution in [0, 0.1) is 35.5 Å². The number of ether oxygens (including phenoxy) is 4. The molecular formula is C42H74O15. The molecule has 1 heterocycles. The van der Waals surface area contributed by atoms with Gasteiger partial charge in [-0.1, -0.05) is 73.1 Å². The Kier molecular flexibility index (Phi) is 23.5. The first-order valence-corrected chi connectivity index (χ1v) is 20.2. The first-order valence-electron chi connectivity index (χ1n) is 20.2. The fourth-order valence-corrected chi connectivity index (χ4v) is 7.35. The lowest BCUT2D eigenvalue weighted by atomic mass is 9.82. The second-order valence-corrected chi connectivity index (χ2v) is 16.5. The number of rotatable bonds is 24. The Bertz CT molecular complexity index is 1300. The smallest absolute Gasteiger partial charge is 0.333 e. The van der Waals surface area contributed by atoms with Crippen molar-refractivity contribution in [1.82, 2.24) is 0 Å². The van der Waals surface area contributed by atoms with Crippen LogP contribution >= 0.6 is 0 Å². The molecule has 0 aromatic carbocycles. The predicted octanol–water partition coefficient (Wildman–Crippen LogP) is 1.93. The fourth-order valence-electron chi connectivity index (χ4n) is 7.35. The Balaban J connectivity index is 3.20. The standard InChI is InChI=1S/C42H74O15/c1-12-21(2)13-22(3)14-27(8)40(57-42-39(52)38(51)37(50)33(56-42)20-54-30(11)44)28(9)16-25(6)34(47)23(4)15-24(5)35(48)26(7)17-29(10)41(53)55-19-32(46)36(49)31(45)18-43/h15-17,21-23,26-28,31-40,42-43,45-52H,12-14,18-20H2,1-11H3/b24-15+,25-16+,29-17+/t21-,22-,23-,26-,27-,28-,31-,32-,33+,34+,35-,36+,37+,38-,39-,40-,42-/m0/s1. The summed E-state index contributed by atoms with van der Waals surface area (Å²) in [5.74, 6) is -1.96. The summed E-state index contributed by atoms with van der Waals surface area (Å²) in [6.07, 6.45) is -6.74. The minimum atomic E-state index is -1.71. The molecule has 0 radical (unpaired) electrons. The molecule has 0 unspecified atom stereocenters. The topological polar surface area (TPSA) is 253 Å². The second kappa shape index (κ2) is 25.4. The van der Waals surface area contributed by atoms with Gasteiger partial charge in [0.15, 0.2) is 6.29 Å². The summed E-state index contributed by atoms with van der Waals surface area (Å²) < 4.78 is 22.4. The third-order valence-electron chi connectivity index (χ3n) is 10.9. The molecule has 0 amide bonds. The number of carbonyl (C=O) groups is 2. The monoisotopic (exact) mass is 819 g/mol. The van der Waals surface area contributed by atoms with Crippen molar-refractivity contribution in [3.05, 3.63) is 34.9 Å². The Morgan fingerprint density at radius 2 is 1.25 bits per heavy atom. The van der Waals surface area contributed by atoms with Crippen molar-refractivity contribution in [2.75, 3.05) is 19.8 Å². The summed E-state index contributed by atoms with van der Waals surface area (Å²) in [5, 5.41) is 92.7. The highest BCUT2D eigenvalue weighted by Gasteiger charge is 2.46. The highest BCUT2D eigenvalue weighted by molar-refractivity contribution is 5.87. The molecule has 15 nitrogen and oxygen atoms in total. The maximum atomic E-state index is 12.5. The molecule has 1 saturated heterocycles. The van der Waals surface area contributed by atoms with E-state index in [2.05, 4.69) is 20.8 Å². The molecule has 1 rings (SSSR count). The molecule has 17 atom stereocenters. The number of aliphatic hydroxyl groups is 9. The van der Waals surface area contributed by atoms with Crippen LogP contribution in [-0.2, 0) is 28.5 Å². The fraction of sp³-hybridized carbons (Fsp3) is 0.810. The van der Waals surface area contributed by atoms with Gasteiger partial charge in [0.05, 0.1) is 24.9 Å². The van der Waals surface area contributed by atoms with Crippen LogP contribution in [0.25, 0.3) is 0 Å². The average molecular weight is 819 g/mol. The van der Waals surface area contributed by atoms with Crippen molar-refractivity contribution in [3.63, 3.8) is 0 Å². The summed E-state index contributed by atoms with van der Waals surface area (Å²) in [7, 11) is 0. The number of aliphatic hydroxyl groups excluding tert-OH is 9. The Morgan fingerprint density at radius 3 is 1.77 bits per heavy atom. The average Bonchev–Trinajstić information content (AvgIpc) is 3.15. The largest absolute Gasteiger partial charge is 0.463 e. The van der Waals surface area contributed by atoms with Gasteiger partial charge in [-0.15, -0.1) is 0 Å². The van der Waals surface area contributed by atoms with Gasteiger partial charge in [-0.3, -0.25) is 4.79 Å². The van der Waals surface area contributed by atoms with Crippen molar-refractivity contribution in [2.24, 2.45) is 35.5 Å². The molecular weight excluding hydrogens is 744 g/mol. The molecule has 0 aromatic heterocycles. The SMILES string of the molecule is CC[C@H](C)C[C@H](C)C[C@H](C)[C@H](O[C@@H]1O[C@H](COC(C)=O)[C@@H](O)[C@H](O)[C@@H]1O)[C@@H](C)/C=C(\C)[C@H](O)[C@@H](C)/C=C(\C)[C@H](O)[C@@H](C)/C=C(\C)C(=O)OC[C@H](O)[C@H](O)[C@@H](O)CO. The van der Waals surface area contributed by atoms with Crippen LogP contribution in [0.2, 0.25) is 0 Å². The van der Waals surface area contributed by atoms with Crippen LogP contribution < -0.4 is 0 Å². The predicted molar refractivity (Wildman–Crippen MR) is 212 cm³/mol. The van der Waals surface area contributed by atoms with E-state index in [0.717, 1.165) is 19.3 Å². The summed E-state index contributed by atoms with van der Waals surface area (Å²) in [4.78, 5) is 23.9. The molecule has 9 N–H and O–H groups in total. The molecule has 0 aliphatic carbocycles. The first-order chi connectivity index (χ1) is 26.5. The number of esters is 2. The summed E-state index contributed by atoms with van der Waals surface area (Å²) in [5.41, 5.74) is 1.30. The third kappa shape index (κ3) is 17.1. The van der Waals surface area contributed by atoms with Crippen molar-refractivity contribution in [1.29, 1.82) is 0 Å². The maximum Gasteiger partial charge on any atom is 0.333 e. The van der Waals surface area contributed by atoms with E-state index in [1.54, 1.807) is 33.8 Å². The van der Waals surface area contributed by atoms with Gasteiger partial charge in [0.1, 0.15) is 55.9 Å². The van der Waals surface area contributed by atoms with Crippen LogP contribution in [-0.4, -0.2) is 145 Å². The Morgan fingerprint density at radius 1 is 0.702 bits per heavy atom. The quantitative estimate of drug-likeness (QED) is 0.0383. The molecule has 57 heavy (non-hydrogen) atoms. The van der Waals surface area contributed by atoms with Crippen molar-refractivity contribution in [2.45, 2.75) is 163 Å². The van der Waals surface area contributed by atoms with Crippen molar-refractivity contribution < 1.29 is 74.5 Å². The van der Waals surface area contributed by atoms with E-state index in [1.165, 1.54) is 19.9 Å². The van der Waals surface area contributed by atoms with Crippen LogP contribution in [0.15, 0.2) is 34.9 Å². The van der Waals surface area contributed by atoms with Gasteiger partial charge in [-0.25, -0.2) is 4.79 Å².